The lowest BCUT2D eigenvalue weighted by Gasteiger charge is -2.12. The monoisotopic (exact) mass is 238 g/mol. The molecule has 0 amide bonds. The molecule has 0 saturated heterocycles. The first-order chi connectivity index (χ1) is 7.84. The van der Waals surface area contributed by atoms with E-state index in [0.29, 0.717) is 6.04 Å². The molecule has 1 aromatic heterocycles. The second kappa shape index (κ2) is 6.36. The number of unbranched alkanes of at least 4 members (excludes halogenated alkanes) is 1. The second-order valence-electron chi connectivity index (χ2n) is 4.92. The molecule has 0 aliphatic heterocycles. The Hall–Kier alpha value is -0.410. The molecular formula is C13H22N2S. The van der Waals surface area contributed by atoms with Gasteiger partial charge in [-0.25, -0.2) is 4.98 Å². The third-order valence-corrected chi connectivity index (χ3v) is 4.02. The average molecular weight is 238 g/mol. The Morgan fingerprint density at radius 2 is 2.38 bits per heavy atom. The van der Waals surface area contributed by atoms with Gasteiger partial charge in [0.1, 0.15) is 0 Å². The zero-order valence-corrected chi connectivity index (χ0v) is 10.9. The van der Waals surface area contributed by atoms with E-state index in [9.17, 15) is 0 Å². The lowest BCUT2D eigenvalue weighted by molar-refractivity contribution is 0.478. The molecule has 0 aromatic carbocycles. The summed E-state index contributed by atoms with van der Waals surface area (Å²) >= 11 is 1.77. The van der Waals surface area contributed by atoms with Crippen molar-refractivity contribution in [1.82, 2.24) is 10.3 Å². The zero-order valence-electron chi connectivity index (χ0n) is 10.1. The van der Waals surface area contributed by atoms with E-state index >= 15 is 0 Å². The highest BCUT2D eigenvalue weighted by molar-refractivity contribution is 7.09. The third kappa shape index (κ3) is 4.62. The number of nitrogens with zero attached hydrogens (tertiary/aromatic N) is 1. The Balaban J connectivity index is 1.45. The van der Waals surface area contributed by atoms with Crippen LogP contribution in [0.15, 0.2) is 11.6 Å². The van der Waals surface area contributed by atoms with Crippen LogP contribution < -0.4 is 5.32 Å². The van der Waals surface area contributed by atoms with E-state index in [1.807, 2.05) is 6.20 Å². The van der Waals surface area contributed by atoms with Gasteiger partial charge in [-0.1, -0.05) is 12.8 Å². The first-order valence-electron chi connectivity index (χ1n) is 6.46. The van der Waals surface area contributed by atoms with Crippen LogP contribution in [-0.2, 0) is 6.42 Å². The summed E-state index contributed by atoms with van der Waals surface area (Å²) in [6.07, 6.45) is 9.90. The summed E-state index contributed by atoms with van der Waals surface area (Å²) in [6.45, 7) is 3.48. The number of hydrogen-bond acceptors (Lipinski definition) is 3. The Morgan fingerprint density at radius 1 is 1.50 bits per heavy atom. The van der Waals surface area contributed by atoms with Crippen molar-refractivity contribution in [3.63, 3.8) is 0 Å². The van der Waals surface area contributed by atoms with Crippen LogP contribution >= 0.6 is 11.3 Å². The first-order valence-corrected chi connectivity index (χ1v) is 7.34. The van der Waals surface area contributed by atoms with Crippen molar-refractivity contribution in [2.45, 2.75) is 51.5 Å². The van der Waals surface area contributed by atoms with Crippen LogP contribution in [0.2, 0.25) is 0 Å². The summed E-state index contributed by atoms with van der Waals surface area (Å²) in [5.74, 6) is 1.04. The van der Waals surface area contributed by atoms with E-state index in [-0.39, 0.29) is 0 Å². The molecule has 1 fully saturated rings. The maximum Gasteiger partial charge on any atom is 0.0924 e. The maximum absolute atomic E-state index is 4.29. The summed E-state index contributed by atoms with van der Waals surface area (Å²) in [7, 11) is 0. The Labute approximate surface area is 102 Å². The minimum Gasteiger partial charge on any atom is -0.314 e. The van der Waals surface area contributed by atoms with Crippen LogP contribution in [0, 0.1) is 5.92 Å². The van der Waals surface area contributed by atoms with Crippen LogP contribution in [0.3, 0.4) is 0 Å². The van der Waals surface area contributed by atoms with Crippen LogP contribution in [0.25, 0.3) is 0 Å². The van der Waals surface area contributed by atoms with Gasteiger partial charge in [-0.3, -0.25) is 0 Å². The lowest BCUT2D eigenvalue weighted by atomic mass is 10.1. The van der Waals surface area contributed by atoms with Gasteiger partial charge in [0, 0.05) is 17.6 Å². The normalized spacial score (nSPS) is 17.6. The van der Waals surface area contributed by atoms with Crippen molar-refractivity contribution >= 4 is 11.3 Å². The fourth-order valence-corrected chi connectivity index (χ4v) is 2.73. The van der Waals surface area contributed by atoms with Crippen LogP contribution in [0.4, 0.5) is 0 Å². The van der Waals surface area contributed by atoms with Gasteiger partial charge < -0.3 is 5.32 Å². The van der Waals surface area contributed by atoms with Crippen molar-refractivity contribution in [3.8, 4) is 0 Å². The number of rotatable bonds is 8. The molecule has 1 unspecified atom stereocenters. The standard InChI is InChI=1S/C13H22N2S/c1-11(10-12-5-6-12)14-7-3-2-4-13-15-8-9-16-13/h8-9,11-12,14H,2-7,10H2,1H3. The highest BCUT2D eigenvalue weighted by Crippen LogP contribution is 2.33. The quantitative estimate of drug-likeness (QED) is 0.703. The minimum absolute atomic E-state index is 0.715. The van der Waals surface area contributed by atoms with Gasteiger partial charge in [0.15, 0.2) is 0 Å². The molecule has 1 saturated carbocycles. The van der Waals surface area contributed by atoms with Gasteiger partial charge in [-0.15, -0.1) is 11.3 Å². The van der Waals surface area contributed by atoms with E-state index in [0.717, 1.165) is 12.3 Å². The Kier molecular flexibility index (Phi) is 4.79. The number of thiazole rings is 1. The summed E-state index contributed by atoms with van der Waals surface area (Å²) in [5.41, 5.74) is 0. The topological polar surface area (TPSA) is 24.9 Å². The van der Waals surface area contributed by atoms with Crippen LogP contribution in [0.5, 0.6) is 0 Å². The number of aryl methyl sites for hydroxylation is 1. The maximum atomic E-state index is 4.29. The molecule has 1 N–H and O–H groups in total. The fourth-order valence-electron chi connectivity index (χ4n) is 2.06. The SMILES string of the molecule is CC(CC1CC1)NCCCCc1nccs1. The van der Waals surface area contributed by atoms with E-state index in [1.54, 1.807) is 11.3 Å². The molecule has 1 atom stereocenters. The smallest absolute Gasteiger partial charge is 0.0924 e. The van der Waals surface area contributed by atoms with Crippen molar-refractivity contribution in [1.29, 1.82) is 0 Å². The van der Waals surface area contributed by atoms with Crippen molar-refractivity contribution in [2.75, 3.05) is 6.54 Å². The molecule has 0 radical (unpaired) electrons. The van der Waals surface area contributed by atoms with Gasteiger partial charge >= 0.3 is 0 Å². The Morgan fingerprint density at radius 3 is 3.06 bits per heavy atom. The number of hydrogen-bond donors (Lipinski definition) is 1. The van der Waals surface area contributed by atoms with Gasteiger partial charge in [0.2, 0.25) is 0 Å². The predicted molar refractivity (Wildman–Crippen MR) is 69.9 cm³/mol. The third-order valence-electron chi connectivity index (χ3n) is 3.18. The van der Waals surface area contributed by atoms with Crippen molar-refractivity contribution < 1.29 is 0 Å². The van der Waals surface area contributed by atoms with E-state index in [1.165, 1.54) is 43.7 Å². The lowest BCUT2D eigenvalue weighted by Crippen LogP contribution is -2.27. The molecule has 1 aromatic rings. The minimum atomic E-state index is 0.715. The zero-order chi connectivity index (χ0) is 11.2. The molecule has 1 aliphatic carbocycles. The molecular weight excluding hydrogens is 216 g/mol. The van der Waals surface area contributed by atoms with E-state index in [4.69, 9.17) is 0 Å². The van der Waals surface area contributed by atoms with Gasteiger partial charge in [0.25, 0.3) is 0 Å². The number of aromatic nitrogens is 1. The average Bonchev–Trinajstić information content (AvgIpc) is 2.93. The van der Waals surface area contributed by atoms with E-state index in [2.05, 4.69) is 22.6 Å². The van der Waals surface area contributed by atoms with Crippen molar-refractivity contribution in [2.24, 2.45) is 5.92 Å². The summed E-state index contributed by atoms with van der Waals surface area (Å²) in [6, 6.07) is 0.715. The highest BCUT2D eigenvalue weighted by atomic mass is 32.1. The molecule has 2 nitrogen and oxygen atoms in total. The predicted octanol–water partition coefficient (Wildman–Crippen LogP) is 3.24. The molecule has 2 rings (SSSR count). The molecule has 0 spiro atoms. The molecule has 3 heteroatoms. The summed E-state index contributed by atoms with van der Waals surface area (Å²) in [4.78, 5) is 4.29. The van der Waals surface area contributed by atoms with Gasteiger partial charge in [-0.05, 0) is 45.1 Å². The molecule has 90 valence electrons. The van der Waals surface area contributed by atoms with Gasteiger partial charge in [-0.2, -0.15) is 0 Å². The van der Waals surface area contributed by atoms with Crippen molar-refractivity contribution in [3.05, 3.63) is 16.6 Å². The van der Waals surface area contributed by atoms with Gasteiger partial charge in [0.05, 0.1) is 5.01 Å². The molecule has 0 bridgehead atoms. The molecule has 16 heavy (non-hydrogen) atoms. The fraction of sp³-hybridized carbons (Fsp3) is 0.769. The summed E-state index contributed by atoms with van der Waals surface area (Å²) in [5, 5.41) is 6.96. The molecule has 1 heterocycles. The van der Waals surface area contributed by atoms with Crippen LogP contribution in [-0.4, -0.2) is 17.6 Å². The largest absolute Gasteiger partial charge is 0.314 e. The van der Waals surface area contributed by atoms with Crippen LogP contribution in [0.1, 0.15) is 44.0 Å². The molecule has 1 aliphatic rings. The second-order valence-corrected chi connectivity index (χ2v) is 5.90. The highest BCUT2D eigenvalue weighted by Gasteiger charge is 2.22. The summed E-state index contributed by atoms with van der Waals surface area (Å²) < 4.78 is 0. The Bertz CT molecular complexity index is 280. The van der Waals surface area contributed by atoms with E-state index < -0.39 is 0 Å². The number of nitrogens with one attached hydrogen (secondary N) is 1. The first kappa shape index (κ1) is 12.1.